The molecule has 0 atom stereocenters. The van der Waals surface area contributed by atoms with Gasteiger partial charge in [-0.05, 0) is 54.9 Å². The number of nitrogen functional groups attached to an aromatic ring is 1. The number of fused-ring (bicyclic) bond motifs is 1. The van der Waals surface area contributed by atoms with Gasteiger partial charge in [0, 0.05) is 15.9 Å². The first kappa shape index (κ1) is 23.8. The standard InChI is InChI=1S/C21H22BrClFN5O3/c1-21(2,3)32-20(30)26-4-5-31-18-9-16-11(6-15(18)25)19(28-10-27-16)29-17-8-13(23)12(22)7-14(17)24/h6-10H,4-5,25H2,1-3H3,(H,26,30)(H,27,28,29). The Bertz CT molecular complexity index is 1160. The predicted molar refractivity (Wildman–Crippen MR) is 126 cm³/mol. The third-order valence-corrected chi connectivity index (χ3v) is 5.25. The van der Waals surface area contributed by atoms with Gasteiger partial charge < -0.3 is 25.8 Å². The average Bonchev–Trinajstić information content (AvgIpc) is 2.69. The number of amides is 1. The Morgan fingerprint density at radius 1 is 1.25 bits per heavy atom. The summed E-state index contributed by atoms with van der Waals surface area (Å²) >= 11 is 9.25. The summed E-state index contributed by atoms with van der Waals surface area (Å²) in [6.45, 7) is 5.75. The normalized spacial score (nSPS) is 11.3. The maximum atomic E-state index is 14.3. The van der Waals surface area contributed by atoms with Gasteiger partial charge >= 0.3 is 6.09 Å². The van der Waals surface area contributed by atoms with Gasteiger partial charge in [0.05, 0.1) is 28.5 Å². The van der Waals surface area contributed by atoms with Crippen molar-refractivity contribution < 1.29 is 18.7 Å². The fraction of sp³-hybridized carbons (Fsp3) is 0.286. The zero-order chi connectivity index (χ0) is 23.5. The van der Waals surface area contributed by atoms with E-state index in [1.807, 2.05) is 0 Å². The van der Waals surface area contributed by atoms with Crippen molar-refractivity contribution in [2.75, 3.05) is 24.2 Å². The molecule has 1 heterocycles. The van der Waals surface area contributed by atoms with E-state index in [1.165, 1.54) is 18.5 Å². The van der Waals surface area contributed by atoms with Crippen LogP contribution in [0, 0.1) is 5.82 Å². The second-order valence-corrected chi connectivity index (χ2v) is 9.04. The number of hydrogen-bond acceptors (Lipinski definition) is 7. The van der Waals surface area contributed by atoms with Crippen LogP contribution in [-0.2, 0) is 4.74 Å². The molecule has 1 amide bonds. The van der Waals surface area contributed by atoms with Crippen molar-refractivity contribution in [1.29, 1.82) is 0 Å². The topological polar surface area (TPSA) is 111 Å². The molecule has 0 aliphatic rings. The molecule has 3 rings (SSSR count). The largest absolute Gasteiger partial charge is 0.490 e. The fourth-order valence-electron chi connectivity index (χ4n) is 2.70. The predicted octanol–water partition coefficient (Wildman–Crippen LogP) is 5.41. The zero-order valence-corrected chi connectivity index (χ0v) is 20.0. The summed E-state index contributed by atoms with van der Waals surface area (Å²) < 4.78 is 25.6. The van der Waals surface area contributed by atoms with Crippen LogP contribution < -0.4 is 21.1 Å². The van der Waals surface area contributed by atoms with Crippen LogP contribution in [0.4, 0.5) is 26.4 Å². The molecule has 0 spiro atoms. The summed E-state index contributed by atoms with van der Waals surface area (Å²) in [5.41, 5.74) is 6.58. The van der Waals surface area contributed by atoms with Crippen LogP contribution in [0.5, 0.6) is 5.75 Å². The maximum absolute atomic E-state index is 14.3. The highest BCUT2D eigenvalue weighted by Crippen LogP contribution is 2.34. The number of benzene rings is 2. The van der Waals surface area contributed by atoms with Gasteiger partial charge in [0.1, 0.15) is 35.9 Å². The molecular weight excluding hydrogens is 505 g/mol. The van der Waals surface area contributed by atoms with Crippen LogP contribution in [0.3, 0.4) is 0 Å². The second-order valence-electron chi connectivity index (χ2n) is 7.78. The van der Waals surface area contributed by atoms with Gasteiger partial charge in [-0.2, -0.15) is 0 Å². The van der Waals surface area contributed by atoms with Crippen LogP contribution >= 0.6 is 27.5 Å². The first-order valence-electron chi connectivity index (χ1n) is 9.59. The zero-order valence-electron chi connectivity index (χ0n) is 17.6. The Hall–Kier alpha value is -2.85. The first-order valence-corrected chi connectivity index (χ1v) is 10.8. The Kier molecular flexibility index (Phi) is 7.25. The molecule has 0 aliphatic heterocycles. The molecule has 4 N–H and O–H groups in total. The SMILES string of the molecule is CC(C)(C)OC(=O)NCCOc1cc2ncnc(Nc3cc(Cl)c(Br)cc3F)c2cc1N. The minimum absolute atomic E-state index is 0.158. The van der Waals surface area contributed by atoms with Gasteiger partial charge in [0.25, 0.3) is 0 Å². The number of anilines is 3. The lowest BCUT2D eigenvalue weighted by molar-refractivity contribution is 0.0520. The Morgan fingerprint density at radius 3 is 2.72 bits per heavy atom. The van der Waals surface area contributed by atoms with E-state index in [-0.39, 0.29) is 18.8 Å². The average molecular weight is 527 g/mol. The third kappa shape index (κ3) is 6.10. The number of ether oxygens (including phenoxy) is 2. The number of aromatic nitrogens is 2. The fourth-order valence-corrected chi connectivity index (χ4v) is 3.18. The van der Waals surface area contributed by atoms with Crippen LogP contribution in [-0.4, -0.2) is 34.8 Å². The molecule has 8 nitrogen and oxygen atoms in total. The van der Waals surface area contributed by atoms with Crippen molar-refractivity contribution >= 4 is 61.7 Å². The van der Waals surface area contributed by atoms with Crippen molar-refractivity contribution in [3.8, 4) is 5.75 Å². The number of hydrogen-bond donors (Lipinski definition) is 3. The quantitative estimate of drug-likeness (QED) is 0.224. The summed E-state index contributed by atoms with van der Waals surface area (Å²) in [6, 6.07) is 6.00. The molecule has 0 saturated carbocycles. The molecule has 170 valence electrons. The van der Waals surface area contributed by atoms with Crippen molar-refractivity contribution in [2.45, 2.75) is 26.4 Å². The van der Waals surface area contributed by atoms with Crippen LogP contribution in [0.25, 0.3) is 10.9 Å². The van der Waals surface area contributed by atoms with Gasteiger partial charge in [0.2, 0.25) is 0 Å². The molecule has 1 aromatic heterocycles. The molecule has 2 aromatic carbocycles. The number of halogens is 3. The summed E-state index contributed by atoms with van der Waals surface area (Å²) in [6.07, 6.45) is 0.809. The van der Waals surface area contributed by atoms with Crippen LogP contribution in [0.2, 0.25) is 5.02 Å². The second kappa shape index (κ2) is 9.74. The Labute approximate surface area is 197 Å². The van der Waals surface area contributed by atoms with Gasteiger partial charge in [-0.15, -0.1) is 0 Å². The first-order chi connectivity index (χ1) is 15.0. The van der Waals surface area contributed by atoms with Crippen molar-refractivity contribution in [1.82, 2.24) is 15.3 Å². The molecule has 3 aromatic rings. The number of nitrogens with zero attached hydrogens (tertiary/aromatic N) is 2. The van der Waals surface area contributed by atoms with Gasteiger partial charge in [-0.1, -0.05) is 11.6 Å². The third-order valence-electron chi connectivity index (χ3n) is 4.06. The highest BCUT2D eigenvalue weighted by Gasteiger charge is 2.16. The van der Waals surface area contributed by atoms with Crippen molar-refractivity contribution in [3.63, 3.8) is 0 Å². The van der Waals surface area contributed by atoms with Crippen LogP contribution in [0.15, 0.2) is 35.1 Å². The Morgan fingerprint density at radius 2 is 2.00 bits per heavy atom. The number of nitrogens with two attached hydrogens (primary N) is 1. The molecular formula is C21H22BrClFN5O3. The summed E-state index contributed by atoms with van der Waals surface area (Å²) in [5.74, 6) is 0.251. The van der Waals surface area contributed by atoms with Crippen LogP contribution in [0.1, 0.15) is 20.8 Å². The molecule has 0 bridgehead atoms. The minimum Gasteiger partial charge on any atom is -0.490 e. The van der Waals surface area contributed by atoms with Crippen molar-refractivity contribution in [2.24, 2.45) is 0 Å². The lowest BCUT2D eigenvalue weighted by atomic mass is 10.2. The number of carbonyl (C=O) groups excluding carboxylic acids is 1. The molecule has 11 heteroatoms. The van der Waals surface area contributed by atoms with Crippen molar-refractivity contribution in [3.05, 3.63) is 45.9 Å². The van der Waals surface area contributed by atoms with E-state index in [2.05, 4.69) is 36.5 Å². The summed E-state index contributed by atoms with van der Waals surface area (Å²) in [4.78, 5) is 20.1. The summed E-state index contributed by atoms with van der Waals surface area (Å²) in [5, 5.41) is 6.45. The number of carbonyl (C=O) groups is 1. The lowest BCUT2D eigenvalue weighted by Gasteiger charge is -2.19. The molecule has 0 unspecified atom stereocenters. The van der Waals surface area contributed by atoms with E-state index in [0.29, 0.717) is 37.7 Å². The van der Waals surface area contributed by atoms with E-state index in [4.69, 9.17) is 26.8 Å². The monoisotopic (exact) mass is 525 g/mol. The lowest BCUT2D eigenvalue weighted by Crippen LogP contribution is -2.34. The van der Waals surface area contributed by atoms with E-state index in [9.17, 15) is 9.18 Å². The van der Waals surface area contributed by atoms with Gasteiger partial charge in [-0.25, -0.2) is 19.2 Å². The summed E-state index contributed by atoms with van der Waals surface area (Å²) in [7, 11) is 0. The maximum Gasteiger partial charge on any atom is 0.407 e. The van der Waals surface area contributed by atoms with E-state index < -0.39 is 17.5 Å². The van der Waals surface area contributed by atoms with E-state index in [1.54, 1.807) is 32.9 Å². The minimum atomic E-state index is -0.580. The molecule has 0 aliphatic carbocycles. The van der Waals surface area contributed by atoms with Gasteiger partial charge in [-0.3, -0.25) is 0 Å². The van der Waals surface area contributed by atoms with Gasteiger partial charge in [0.15, 0.2) is 0 Å². The molecule has 0 fully saturated rings. The highest BCUT2D eigenvalue weighted by atomic mass is 79.9. The smallest absolute Gasteiger partial charge is 0.407 e. The Balaban J connectivity index is 1.73. The number of nitrogens with one attached hydrogen (secondary N) is 2. The molecule has 32 heavy (non-hydrogen) atoms. The molecule has 0 saturated heterocycles. The molecule has 0 radical (unpaired) electrons. The number of alkyl carbamates (subject to hydrolysis) is 1. The van der Waals surface area contributed by atoms with E-state index >= 15 is 0 Å². The number of rotatable bonds is 6. The highest BCUT2D eigenvalue weighted by molar-refractivity contribution is 9.10. The van der Waals surface area contributed by atoms with E-state index in [0.717, 1.165) is 0 Å².